The monoisotopic (exact) mass is 326 g/mol. The highest BCUT2D eigenvalue weighted by Crippen LogP contribution is 2.24. The molecule has 1 aromatic carbocycles. The summed E-state index contributed by atoms with van der Waals surface area (Å²) in [5, 5.41) is 2.90. The van der Waals surface area contributed by atoms with Crippen molar-refractivity contribution in [2.45, 2.75) is 32.7 Å². The van der Waals surface area contributed by atoms with E-state index in [4.69, 9.17) is 11.6 Å². The summed E-state index contributed by atoms with van der Waals surface area (Å²) in [7, 11) is 0. The van der Waals surface area contributed by atoms with E-state index in [-0.39, 0.29) is 34.4 Å². The molecule has 2 rings (SSSR count). The predicted molar refractivity (Wildman–Crippen MR) is 83.3 cm³/mol. The van der Waals surface area contributed by atoms with Crippen LogP contribution in [0.4, 0.5) is 4.39 Å². The normalized spacial score (nSPS) is 21.0. The number of nitrogens with one attached hydrogen (secondary N) is 1. The maximum Gasteiger partial charge on any atom is 0.254 e. The minimum atomic E-state index is -0.602. The van der Waals surface area contributed by atoms with Crippen LogP contribution >= 0.6 is 11.6 Å². The number of carbonyl (C=O) groups is 2. The Morgan fingerprint density at radius 1 is 1.41 bits per heavy atom. The first kappa shape index (κ1) is 16.7. The van der Waals surface area contributed by atoms with Gasteiger partial charge in [0.2, 0.25) is 5.91 Å². The highest BCUT2D eigenvalue weighted by Gasteiger charge is 2.35. The Balaban J connectivity index is 2.13. The maximum absolute atomic E-state index is 13.5. The lowest BCUT2D eigenvalue weighted by molar-refractivity contribution is -0.119. The van der Waals surface area contributed by atoms with Crippen molar-refractivity contribution in [3.63, 3.8) is 0 Å². The number of carbonyl (C=O) groups excluding carboxylic acids is 2. The Kier molecular flexibility index (Phi) is 5.40. The smallest absolute Gasteiger partial charge is 0.254 e. The van der Waals surface area contributed by atoms with Crippen molar-refractivity contribution >= 4 is 23.4 Å². The lowest BCUT2D eigenvalue weighted by Crippen LogP contribution is -2.39. The van der Waals surface area contributed by atoms with Gasteiger partial charge in [-0.1, -0.05) is 24.9 Å². The molecule has 1 aliphatic rings. The molecule has 120 valence electrons. The van der Waals surface area contributed by atoms with Crippen LogP contribution < -0.4 is 5.32 Å². The van der Waals surface area contributed by atoms with Crippen molar-refractivity contribution in [2.75, 3.05) is 13.1 Å². The third-order valence-electron chi connectivity index (χ3n) is 3.94. The second-order valence-corrected chi connectivity index (χ2v) is 6.10. The molecule has 0 bridgehead atoms. The van der Waals surface area contributed by atoms with Crippen LogP contribution in [0.15, 0.2) is 18.2 Å². The molecule has 2 amide bonds. The summed E-state index contributed by atoms with van der Waals surface area (Å²) >= 11 is 5.64. The molecular weight excluding hydrogens is 307 g/mol. The van der Waals surface area contributed by atoms with Gasteiger partial charge in [0.15, 0.2) is 0 Å². The fourth-order valence-electron chi connectivity index (χ4n) is 2.94. The van der Waals surface area contributed by atoms with Crippen molar-refractivity contribution in [1.29, 1.82) is 0 Å². The van der Waals surface area contributed by atoms with Crippen LogP contribution in [-0.2, 0) is 4.79 Å². The first-order chi connectivity index (χ1) is 10.4. The number of rotatable bonds is 4. The van der Waals surface area contributed by atoms with Gasteiger partial charge in [0, 0.05) is 25.6 Å². The molecule has 1 aliphatic heterocycles. The van der Waals surface area contributed by atoms with Gasteiger partial charge in [-0.3, -0.25) is 9.59 Å². The molecule has 1 aromatic rings. The predicted octanol–water partition coefficient (Wildman–Crippen LogP) is 2.86. The number of hydrogen-bond acceptors (Lipinski definition) is 2. The molecule has 1 saturated heterocycles. The van der Waals surface area contributed by atoms with Gasteiger partial charge in [0.1, 0.15) is 5.82 Å². The largest absolute Gasteiger partial charge is 0.351 e. The molecule has 22 heavy (non-hydrogen) atoms. The van der Waals surface area contributed by atoms with Crippen molar-refractivity contribution in [1.82, 2.24) is 10.2 Å². The summed E-state index contributed by atoms with van der Waals surface area (Å²) in [5.74, 6) is -0.701. The third-order valence-corrected chi connectivity index (χ3v) is 4.25. The van der Waals surface area contributed by atoms with Gasteiger partial charge in [-0.2, -0.15) is 0 Å². The highest BCUT2D eigenvalue weighted by atomic mass is 35.5. The van der Waals surface area contributed by atoms with Gasteiger partial charge < -0.3 is 10.2 Å². The van der Waals surface area contributed by atoms with Gasteiger partial charge in [0.05, 0.1) is 11.1 Å². The number of benzene rings is 1. The van der Waals surface area contributed by atoms with Crippen LogP contribution in [-0.4, -0.2) is 35.8 Å². The van der Waals surface area contributed by atoms with E-state index in [0.717, 1.165) is 18.9 Å². The summed E-state index contributed by atoms with van der Waals surface area (Å²) in [4.78, 5) is 25.5. The number of hydrogen-bond donors (Lipinski definition) is 1. The zero-order chi connectivity index (χ0) is 16.3. The van der Waals surface area contributed by atoms with Gasteiger partial charge in [-0.05, 0) is 30.5 Å². The van der Waals surface area contributed by atoms with Crippen LogP contribution in [0.3, 0.4) is 0 Å². The molecule has 0 radical (unpaired) electrons. The van der Waals surface area contributed by atoms with E-state index in [1.54, 1.807) is 4.90 Å². The third kappa shape index (κ3) is 3.77. The van der Waals surface area contributed by atoms with Crippen molar-refractivity contribution in [3.8, 4) is 0 Å². The molecule has 0 aromatic heterocycles. The molecule has 1 heterocycles. The first-order valence-electron chi connectivity index (χ1n) is 7.43. The van der Waals surface area contributed by atoms with Crippen LogP contribution in [0.2, 0.25) is 5.02 Å². The van der Waals surface area contributed by atoms with Crippen LogP contribution in [0.5, 0.6) is 0 Å². The average Bonchev–Trinajstić information content (AvgIpc) is 2.84. The molecule has 0 spiro atoms. The summed E-state index contributed by atoms with van der Waals surface area (Å²) < 4.78 is 13.5. The highest BCUT2D eigenvalue weighted by molar-refractivity contribution is 6.30. The van der Waals surface area contributed by atoms with E-state index in [0.29, 0.717) is 13.1 Å². The van der Waals surface area contributed by atoms with Gasteiger partial charge >= 0.3 is 0 Å². The fourth-order valence-corrected chi connectivity index (χ4v) is 3.05. The Labute approximate surface area is 134 Å². The molecule has 1 N–H and O–H groups in total. The maximum atomic E-state index is 13.5. The Hall–Kier alpha value is -1.62. The SMILES string of the molecule is CCC[C@H]1CN(C(=O)c2ccc(Cl)c(F)c2)C[C@@H]1NC(C)=O. The molecule has 4 nitrogen and oxygen atoms in total. The average molecular weight is 327 g/mol. The van der Waals surface area contributed by atoms with E-state index in [1.807, 2.05) is 0 Å². The molecule has 6 heteroatoms. The fraction of sp³-hybridized carbons (Fsp3) is 0.500. The van der Waals surface area contributed by atoms with E-state index in [1.165, 1.54) is 19.1 Å². The second-order valence-electron chi connectivity index (χ2n) is 5.69. The molecule has 1 fully saturated rings. The van der Waals surface area contributed by atoms with Gasteiger partial charge in [-0.15, -0.1) is 0 Å². The van der Waals surface area contributed by atoms with Gasteiger partial charge in [-0.25, -0.2) is 4.39 Å². The molecule has 2 atom stereocenters. The van der Waals surface area contributed by atoms with Crippen molar-refractivity contribution in [2.24, 2.45) is 5.92 Å². The Morgan fingerprint density at radius 3 is 2.73 bits per heavy atom. The van der Waals surface area contributed by atoms with E-state index >= 15 is 0 Å². The molecular formula is C16H20ClFN2O2. The number of halogens is 2. The van der Waals surface area contributed by atoms with E-state index < -0.39 is 5.82 Å². The second kappa shape index (κ2) is 7.09. The quantitative estimate of drug-likeness (QED) is 0.925. The standard InChI is InChI=1S/C16H20ClFN2O2/c1-3-4-12-8-20(9-15(12)19-10(2)21)16(22)11-5-6-13(17)14(18)7-11/h5-7,12,15H,3-4,8-9H2,1-2H3,(H,19,21)/t12-,15-/m0/s1. The molecule has 0 saturated carbocycles. The van der Waals surface area contributed by atoms with Crippen molar-refractivity contribution in [3.05, 3.63) is 34.6 Å². The van der Waals surface area contributed by atoms with Gasteiger partial charge in [0.25, 0.3) is 5.91 Å². The number of amides is 2. The summed E-state index contributed by atoms with van der Waals surface area (Å²) in [6.07, 6.45) is 1.92. The zero-order valence-corrected chi connectivity index (χ0v) is 13.5. The van der Waals surface area contributed by atoms with E-state index in [9.17, 15) is 14.0 Å². The first-order valence-corrected chi connectivity index (χ1v) is 7.81. The number of nitrogens with zero attached hydrogens (tertiary/aromatic N) is 1. The van der Waals surface area contributed by atoms with Crippen LogP contribution in [0, 0.1) is 11.7 Å². The topological polar surface area (TPSA) is 49.4 Å². The summed E-state index contributed by atoms with van der Waals surface area (Å²) in [5.41, 5.74) is 0.278. The lowest BCUT2D eigenvalue weighted by Gasteiger charge is -2.17. The minimum absolute atomic E-state index is 0.00189. The summed E-state index contributed by atoms with van der Waals surface area (Å²) in [6, 6.07) is 4.02. The van der Waals surface area contributed by atoms with Crippen molar-refractivity contribution < 1.29 is 14.0 Å². The van der Waals surface area contributed by atoms with E-state index in [2.05, 4.69) is 12.2 Å². The lowest BCUT2D eigenvalue weighted by atomic mass is 9.98. The van der Waals surface area contributed by atoms with Crippen LogP contribution in [0.25, 0.3) is 0 Å². The zero-order valence-electron chi connectivity index (χ0n) is 12.7. The summed E-state index contributed by atoms with van der Waals surface area (Å²) in [6.45, 7) is 4.57. The minimum Gasteiger partial charge on any atom is -0.351 e. The Morgan fingerprint density at radius 2 is 2.14 bits per heavy atom. The number of likely N-dealkylation sites (tertiary alicyclic amines) is 1. The molecule has 0 aliphatic carbocycles. The Bertz CT molecular complexity index is 579. The van der Waals surface area contributed by atoms with Crippen LogP contribution in [0.1, 0.15) is 37.0 Å². The molecule has 0 unspecified atom stereocenters.